The van der Waals surface area contributed by atoms with Gasteiger partial charge in [-0.1, -0.05) is 46.6 Å². The van der Waals surface area contributed by atoms with E-state index >= 15 is 0 Å². The molecular weight excluding hydrogens is 494 g/mol. The summed E-state index contributed by atoms with van der Waals surface area (Å²) < 4.78 is 7.62. The Balaban J connectivity index is 1.71. The molecule has 0 unspecified atom stereocenters. The van der Waals surface area contributed by atoms with Crippen LogP contribution in [0.4, 0.5) is 0 Å². The lowest BCUT2D eigenvalue weighted by Gasteiger charge is -2.10. The Bertz CT molecular complexity index is 1400. The lowest BCUT2D eigenvalue weighted by Crippen LogP contribution is -2.22. The maximum Gasteiger partial charge on any atom is 0.343 e. The number of nitrogens with zero attached hydrogens (tertiary/aromatic N) is 3. The van der Waals surface area contributed by atoms with Gasteiger partial charge in [-0.05, 0) is 54.6 Å². The first-order valence-electron chi connectivity index (χ1n) is 9.78. The van der Waals surface area contributed by atoms with Crippen LogP contribution in [0.25, 0.3) is 10.9 Å². The van der Waals surface area contributed by atoms with Gasteiger partial charge in [0.25, 0.3) is 5.56 Å². The fraction of sp³-hybridized carbons (Fsp3) is 0.0833. The van der Waals surface area contributed by atoms with Crippen LogP contribution in [0.2, 0.25) is 5.02 Å². The molecule has 160 valence electrons. The average molecular weight is 511 g/mol. The monoisotopic (exact) mass is 509 g/mol. The molecule has 6 nitrogen and oxygen atoms in total. The van der Waals surface area contributed by atoms with Gasteiger partial charge < -0.3 is 4.74 Å². The highest BCUT2D eigenvalue weighted by Gasteiger charge is 2.13. The third-order valence-electron chi connectivity index (χ3n) is 4.70. The minimum absolute atomic E-state index is 0.265. The minimum Gasteiger partial charge on any atom is -0.422 e. The summed E-state index contributed by atoms with van der Waals surface area (Å²) in [5.74, 6) is 0.300. The molecule has 0 saturated heterocycles. The topological polar surface area (TPSA) is 73.6 Å². The number of hydrogen-bond acceptors (Lipinski definition) is 5. The smallest absolute Gasteiger partial charge is 0.343 e. The van der Waals surface area contributed by atoms with Crippen LogP contribution in [0, 0.1) is 0 Å². The average Bonchev–Trinajstić information content (AvgIpc) is 2.80. The minimum atomic E-state index is -0.530. The first-order chi connectivity index (χ1) is 15.5. The molecule has 1 heterocycles. The molecule has 0 N–H and O–H groups in total. The van der Waals surface area contributed by atoms with Gasteiger partial charge >= 0.3 is 5.97 Å². The maximum atomic E-state index is 13.0. The number of para-hydroxylation sites is 1. The van der Waals surface area contributed by atoms with Crippen LogP contribution in [0.1, 0.15) is 28.7 Å². The second-order valence-electron chi connectivity index (χ2n) is 6.84. The molecule has 4 aromatic rings. The van der Waals surface area contributed by atoms with E-state index in [1.54, 1.807) is 60.7 Å². The molecular formula is C24H17BrClN3O3. The van der Waals surface area contributed by atoms with Crippen molar-refractivity contribution in [3.05, 3.63) is 104 Å². The molecule has 0 bridgehead atoms. The van der Waals surface area contributed by atoms with E-state index < -0.39 is 5.97 Å². The highest BCUT2D eigenvalue weighted by molar-refractivity contribution is 9.10. The normalized spacial score (nSPS) is 11.2. The highest BCUT2D eigenvalue weighted by Crippen LogP contribution is 2.23. The predicted molar refractivity (Wildman–Crippen MR) is 129 cm³/mol. The summed E-state index contributed by atoms with van der Waals surface area (Å²) in [4.78, 5) is 30.1. The van der Waals surface area contributed by atoms with E-state index in [2.05, 4.69) is 26.0 Å². The molecule has 0 atom stereocenters. The van der Waals surface area contributed by atoms with Gasteiger partial charge in [0.05, 0.1) is 22.7 Å². The summed E-state index contributed by atoms with van der Waals surface area (Å²) >= 11 is 9.30. The number of aryl methyl sites for hydroxylation is 1. The standard InChI is InChI=1S/C24H17BrClN3O3/c1-2-22-28-20-6-4-3-5-19(20)23(30)29(22)27-14-16-13-17(25)9-12-21(16)32-24(31)15-7-10-18(26)11-8-15/h3-14H,2H2,1H3. The molecule has 0 aliphatic carbocycles. The Hall–Kier alpha value is -3.29. The van der Waals surface area contributed by atoms with Crippen LogP contribution in [0.3, 0.4) is 0 Å². The van der Waals surface area contributed by atoms with Gasteiger partial charge in [-0.3, -0.25) is 4.79 Å². The molecule has 0 saturated carbocycles. The number of benzene rings is 3. The zero-order valence-corrected chi connectivity index (χ0v) is 19.3. The van der Waals surface area contributed by atoms with E-state index in [9.17, 15) is 9.59 Å². The summed E-state index contributed by atoms with van der Waals surface area (Å²) in [7, 11) is 0. The Morgan fingerprint density at radius 1 is 1.16 bits per heavy atom. The van der Waals surface area contributed by atoms with Crippen molar-refractivity contribution in [2.45, 2.75) is 13.3 Å². The second kappa shape index (κ2) is 9.46. The number of fused-ring (bicyclic) bond motifs is 1. The number of rotatable bonds is 5. The third-order valence-corrected chi connectivity index (χ3v) is 5.45. The van der Waals surface area contributed by atoms with Crippen molar-refractivity contribution in [3.63, 3.8) is 0 Å². The number of carbonyl (C=O) groups is 1. The van der Waals surface area contributed by atoms with Crippen molar-refractivity contribution in [1.29, 1.82) is 0 Å². The lowest BCUT2D eigenvalue weighted by atomic mass is 10.2. The van der Waals surface area contributed by atoms with Crippen molar-refractivity contribution in [3.8, 4) is 5.75 Å². The van der Waals surface area contributed by atoms with Gasteiger partial charge in [0.2, 0.25) is 0 Å². The van der Waals surface area contributed by atoms with Gasteiger partial charge in [0.1, 0.15) is 11.6 Å². The number of carbonyl (C=O) groups excluding carboxylic acids is 1. The molecule has 8 heteroatoms. The molecule has 0 aliphatic rings. The Morgan fingerprint density at radius 2 is 1.91 bits per heavy atom. The quantitative estimate of drug-likeness (QED) is 0.203. The number of halogens is 2. The summed E-state index contributed by atoms with van der Waals surface area (Å²) in [5.41, 5.74) is 1.24. The Morgan fingerprint density at radius 3 is 2.66 bits per heavy atom. The van der Waals surface area contributed by atoms with Gasteiger partial charge in [-0.2, -0.15) is 9.78 Å². The molecule has 4 rings (SSSR count). The van der Waals surface area contributed by atoms with Gasteiger partial charge in [-0.25, -0.2) is 9.78 Å². The molecule has 0 spiro atoms. The Labute approximate surface area is 197 Å². The van der Waals surface area contributed by atoms with Crippen LogP contribution in [0.5, 0.6) is 5.75 Å². The highest BCUT2D eigenvalue weighted by atomic mass is 79.9. The predicted octanol–water partition coefficient (Wildman–Crippen LogP) is 5.48. The maximum absolute atomic E-state index is 13.0. The molecule has 3 aromatic carbocycles. The van der Waals surface area contributed by atoms with Crippen LogP contribution in [-0.2, 0) is 6.42 Å². The molecule has 0 fully saturated rings. The molecule has 0 radical (unpaired) electrons. The molecule has 0 amide bonds. The summed E-state index contributed by atoms with van der Waals surface area (Å²) in [6, 6.07) is 18.7. The summed E-state index contributed by atoms with van der Waals surface area (Å²) in [6.07, 6.45) is 2.00. The largest absolute Gasteiger partial charge is 0.422 e. The molecule has 1 aromatic heterocycles. The third kappa shape index (κ3) is 4.64. The fourth-order valence-electron chi connectivity index (χ4n) is 3.10. The van der Waals surface area contributed by atoms with Crippen molar-refractivity contribution in [2.75, 3.05) is 0 Å². The number of ether oxygens (including phenoxy) is 1. The van der Waals surface area contributed by atoms with Crippen LogP contribution >= 0.6 is 27.5 Å². The first kappa shape index (κ1) is 21.9. The van der Waals surface area contributed by atoms with Gasteiger partial charge in [0, 0.05) is 21.5 Å². The van der Waals surface area contributed by atoms with Gasteiger partial charge in [-0.15, -0.1) is 0 Å². The SMILES string of the molecule is CCc1nc2ccccc2c(=O)n1N=Cc1cc(Br)ccc1OC(=O)c1ccc(Cl)cc1. The van der Waals surface area contributed by atoms with E-state index in [1.165, 1.54) is 10.9 Å². The number of esters is 1. The fourth-order valence-corrected chi connectivity index (χ4v) is 3.60. The van der Waals surface area contributed by atoms with Crippen molar-refractivity contribution in [2.24, 2.45) is 5.10 Å². The van der Waals surface area contributed by atoms with Crippen LogP contribution < -0.4 is 10.3 Å². The summed E-state index contributed by atoms with van der Waals surface area (Å²) in [5, 5.41) is 5.38. The van der Waals surface area contributed by atoms with E-state index in [-0.39, 0.29) is 5.56 Å². The van der Waals surface area contributed by atoms with E-state index in [0.29, 0.717) is 45.0 Å². The molecule has 0 aliphatic heterocycles. The van der Waals surface area contributed by atoms with E-state index in [0.717, 1.165) is 4.47 Å². The number of aromatic nitrogens is 2. The summed E-state index contributed by atoms with van der Waals surface area (Å²) in [6.45, 7) is 1.90. The van der Waals surface area contributed by atoms with Crippen LogP contribution in [0.15, 0.2) is 81.1 Å². The van der Waals surface area contributed by atoms with Crippen LogP contribution in [-0.4, -0.2) is 21.8 Å². The first-order valence-corrected chi connectivity index (χ1v) is 11.0. The second-order valence-corrected chi connectivity index (χ2v) is 8.19. The van der Waals surface area contributed by atoms with Crippen molar-refractivity contribution in [1.82, 2.24) is 9.66 Å². The Kier molecular flexibility index (Phi) is 6.48. The zero-order chi connectivity index (χ0) is 22.7. The van der Waals surface area contributed by atoms with E-state index in [4.69, 9.17) is 16.3 Å². The zero-order valence-electron chi connectivity index (χ0n) is 17.0. The van der Waals surface area contributed by atoms with E-state index in [1.807, 2.05) is 13.0 Å². The molecule has 32 heavy (non-hydrogen) atoms. The lowest BCUT2D eigenvalue weighted by molar-refractivity contribution is 0.0734. The van der Waals surface area contributed by atoms with Crippen molar-refractivity contribution >= 4 is 50.6 Å². The van der Waals surface area contributed by atoms with Crippen molar-refractivity contribution < 1.29 is 9.53 Å². The van der Waals surface area contributed by atoms with Gasteiger partial charge in [0.15, 0.2) is 0 Å². The number of hydrogen-bond donors (Lipinski definition) is 0.